The minimum atomic E-state index is -0.529. The summed E-state index contributed by atoms with van der Waals surface area (Å²) < 4.78 is 13.2. The highest BCUT2D eigenvalue weighted by atomic mass is 79.9. The van der Waals surface area contributed by atoms with Crippen molar-refractivity contribution in [1.29, 1.82) is 0 Å². The van der Waals surface area contributed by atoms with Gasteiger partial charge in [0.25, 0.3) is 0 Å². The predicted molar refractivity (Wildman–Crippen MR) is 284 cm³/mol. The molecule has 0 saturated carbocycles. The van der Waals surface area contributed by atoms with E-state index in [1.54, 1.807) is 6.20 Å². The van der Waals surface area contributed by atoms with E-state index in [0.29, 0.717) is 11.8 Å². The number of fused-ring (bicyclic) bond motifs is 6. The lowest BCUT2D eigenvalue weighted by molar-refractivity contribution is -0.958. The third-order valence-corrected chi connectivity index (χ3v) is 13.7. The maximum Gasteiger partial charge on any atom is 0.333 e. The van der Waals surface area contributed by atoms with Gasteiger partial charge in [0.05, 0.1) is 24.5 Å². The van der Waals surface area contributed by atoms with Crippen LogP contribution in [0.1, 0.15) is 75.1 Å². The van der Waals surface area contributed by atoms with Crippen LogP contribution in [-0.2, 0) is 30.9 Å². The molecule has 0 unspecified atom stereocenters. The molecule has 2 N–H and O–H groups in total. The lowest BCUT2D eigenvalue weighted by Crippen LogP contribution is -2.64. The summed E-state index contributed by atoms with van der Waals surface area (Å²) in [5.41, 5.74) is 5.86. The average Bonchev–Trinajstić information content (AvgIpc) is 3.37. The summed E-state index contributed by atoms with van der Waals surface area (Å²) in [7, 11) is 0. The number of carbonyl (C=O) groups is 2. The first kappa shape index (κ1) is 53.6. The molecule has 6 aliphatic heterocycles. The maximum absolute atomic E-state index is 13.5. The monoisotopic (exact) mass is 1050 g/mol. The highest BCUT2D eigenvalue weighted by Gasteiger charge is 2.48. The van der Waals surface area contributed by atoms with Crippen LogP contribution in [0.25, 0.3) is 0 Å². The lowest BCUT2D eigenvalue weighted by Gasteiger charge is -2.52. The van der Waals surface area contributed by atoms with Crippen LogP contribution >= 0.6 is 32.9 Å². The molecule has 0 aliphatic carbocycles. The predicted octanol–water partition coefficient (Wildman–Crippen LogP) is 11.9. The fourth-order valence-electron chi connectivity index (χ4n) is 9.62. The van der Waals surface area contributed by atoms with Crippen LogP contribution in [0.4, 0.5) is 11.4 Å². The van der Waals surface area contributed by atoms with E-state index in [9.17, 15) is 9.59 Å². The molecule has 12 heteroatoms. The summed E-state index contributed by atoms with van der Waals surface area (Å²) in [5.74, 6) is 0.585. The van der Waals surface area contributed by atoms with E-state index in [2.05, 4.69) is 53.6 Å². The zero-order valence-corrected chi connectivity index (χ0v) is 40.6. The zero-order valence-electron chi connectivity index (χ0n) is 37.3. The number of alkyl halides is 1. The van der Waals surface area contributed by atoms with Gasteiger partial charge in [-0.3, -0.25) is 14.9 Å². The molecule has 2 aromatic heterocycles. The molecule has 0 amide bonds. The van der Waals surface area contributed by atoms with E-state index < -0.39 is 12.1 Å². The number of hydrogen-bond acceptors (Lipinski definition) is 9. The number of ether oxygens (including phenoxy) is 2. The molecule has 8 heterocycles. The van der Waals surface area contributed by atoms with Gasteiger partial charge in [0.15, 0.2) is 18.2 Å². The summed E-state index contributed by atoms with van der Waals surface area (Å²) in [6.45, 7) is 7.22. The number of carbonyl (C=O) groups excluding carboxylic acids is 2. The molecule has 68 heavy (non-hydrogen) atoms. The molecule has 6 aliphatic rings. The fraction of sp³-hybridized carbons (Fsp3) is 0.357. The molecular weight excluding hydrogens is 980 g/mol. The standard InChI is InChI=1S/C27H30N3O2.C21H24N2O2.C6H6BrN.2CH4.BrH/c31-27(26(22-9-3-1-4-10-22)29-23-11-5-2-6-12-23)32-25-20-30(17-14-21(25)15-18-30)19-24-13-7-8-16-28-24;24-21(25-19-15-23-13-11-16(19)12-14-23)20(17-7-3-1-4-8-17)22-18-9-5-2-6-10-18;7-5-6-3-1-2-4-8-6;;;/h1-13,16,21,25-26,29H,14-15,17-20H2;1-10,16,19-20,22H,11-15H2;1-4H,5H2;2*1H4;1H/q+1;;;;;/t21?,25-,26+,30?;19-,20+;;;;/m00..../s1. The van der Waals surface area contributed by atoms with E-state index in [1.165, 1.54) is 0 Å². The van der Waals surface area contributed by atoms with Gasteiger partial charge in [-0.15, -0.1) is 17.0 Å². The third kappa shape index (κ3) is 14.8. The number of quaternary nitrogens is 1. The summed E-state index contributed by atoms with van der Waals surface area (Å²) in [4.78, 5) is 37.4. The van der Waals surface area contributed by atoms with Crippen molar-refractivity contribution in [2.75, 3.05) is 49.9 Å². The Hall–Kier alpha value is -5.40. The summed E-state index contributed by atoms with van der Waals surface area (Å²) in [6.07, 6.45) is 8.12. The SMILES string of the molecule is Br.BrCc1ccccn1.C.C.O=C(O[C@H]1CN2CCC1CC2)[C@H](Nc1ccccc1)c1ccccc1.O=C(O[C@H]1C[N+]2(Cc3ccccn3)CCC1CC2)[C@H](Nc1ccccc1)c1ccccc1. The van der Waals surface area contributed by atoms with Crippen molar-refractivity contribution in [3.05, 3.63) is 193 Å². The number of anilines is 2. The van der Waals surface area contributed by atoms with Crippen LogP contribution in [0.15, 0.2) is 170 Å². The first-order valence-corrected chi connectivity index (χ1v) is 24.1. The van der Waals surface area contributed by atoms with E-state index in [4.69, 9.17) is 9.47 Å². The van der Waals surface area contributed by atoms with Gasteiger partial charge < -0.3 is 24.6 Å². The van der Waals surface area contributed by atoms with Crippen molar-refractivity contribution in [3.8, 4) is 0 Å². The zero-order chi connectivity index (χ0) is 44.7. The molecule has 0 spiro atoms. The topological polar surface area (TPSA) is 106 Å². The number of pyridine rings is 2. The Morgan fingerprint density at radius 2 is 1.01 bits per heavy atom. The Bertz CT molecular complexity index is 2340. The van der Waals surface area contributed by atoms with Crippen LogP contribution < -0.4 is 10.6 Å². The number of nitrogens with one attached hydrogen (secondary N) is 2. The van der Waals surface area contributed by atoms with Crippen molar-refractivity contribution in [2.24, 2.45) is 11.8 Å². The fourth-order valence-corrected chi connectivity index (χ4v) is 9.95. The molecule has 6 saturated heterocycles. The molecular formula is C56H69Br2N6O4+. The number of hydrogen-bond donors (Lipinski definition) is 2. The molecule has 12 rings (SSSR count). The van der Waals surface area contributed by atoms with Crippen LogP contribution in [0.2, 0.25) is 0 Å². The molecule has 360 valence electrons. The van der Waals surface area contributed by atoms with Crippen LogP contribution in [-0.4, -0.2) is 82.8 Å². The van der Waals surface area contributed by atoms with Crippen molar-refractivity contribution in [1.82, 2.24) is 14.9 Å². The Labute approximate surface area is 423 Å². The average molecular weight is 1050 g/mol. The number of para-hydroxylation sites is 2. The van der Waals surface area contributed by atoms with Gasteiger partial charge in [0.1, 0.15) is 19.2 Å². The van der Waals surface area contributed by atoms with Gasteiger partial charge in [0, 0.05) is 54.4 Å². The van der Waals surface area contributed by atoms with Crippen molar-refractivity contribution in [2.45, 2.75) is 76.7 Å². The van der Waals surface area contributed by atoms with Gasteiger partial charge in [-0.1, -0.05) is 140 Å². The second-order valence-electron chi connectivity index (χ2n) is 17.5. The molecule has 10 nitrogen and oxygen atoms in total. The minimum absolute atomic E-state index is 0. The number of piperidine rings is 6. The molecule has 4 atom stereocenters. The number of rotatable bonds is 13. The Balaban J connectivity index is 0.000000214. The van der Waals surface area contributed by atoms with Gasteiger partial charge in [0.2, 0.25) is 0 Å². The maximum atomic E-state index is 13.5. The molecule has 6 aromatic rings. The van der Waals surface area contributed by atoms with Crippen LogP contribution in [0.5, 0.6) is 0 Å². The molecule has 6 fully saturated rings. The first-order chi connectivity index (χ1) is 31.9. The van der Waals surface area contributed by atoms with Crippen molar-refractivity contribution >= 4 is 56.2 Å². The number of benzene rings is 4. The molecule has 4 aromatic carbocycles. The minimum Gasteiger partial charge on any atom is -0.459 e. The van der Waals surface area contributed by atoms with E-state index in [0.717, 1.165) is 115 Å². The van der Waals surface area contributed by atoms with Crippen LogP contribution in [0, 0.1) is 11.8 Å². The third-order valence-electron chi connectivity index (χ3n) is 13.2. The van der Waals surface area contributed by atoms with Gasteiger partial charge in [-0.25, -0.2) is 9.59 Å². The van der Waals surface area contributed by atoms with Gasteiger partial charge in [-0.05, 0) is 91.5 Å². The second-order valence-corrected chi connectivity index (χ2v) is 18.1. The smallest absolute Gasteiger partial charge is 0.333 e. The second kappa shape index (κ2) is 27.0. The van der Waals surface area contributed by atoms with E-state index in [1.807, 2.05) is 152 Å². The molecule has 0 radical (unpaired) electrons. The highest BCUT2D eigenvalue weighted by molar-refractivity contribution is 9.08. The Kier molecular flexibility index (Phi) is 21.2. The van der Waals surface area contributed by atoms with Gasteiger partial charge >= 0.3 is 11.9 Å². The summed E-state index contributed by atoms with van der Waals surface area (Å²) >= 11 is 3.29. The lowest BCUT2D eigenvalue weighted by atomic mass is 9.83. The number of halogens is 2. The highest BCUT2D eigenvalue weighted by Crippen LogP contribution is 2.38. The summed E-state index contributed by atoms with van der Waals surface area (Å²) in [6, 6.07) is 50.3. The largest absolute Gasteiger partial charge is 0.459 e. The summed E-state index contributed by atoms with van der Waals surface area (Å²) in [5, 5.41) is 7.57. The number of aromatic nitrogens is 2. The number of nitrogens with zero attached hydrogens (tertiary/aromatic N) is 4. The van der Waals surface area contributed by atoms with Gasteiger partial charge in [-0.2, -0.15) is 0 Å². The number of esters is 2. The van der Waals surface area contributed by atoms with E-state index in [-0.39, 0.29) is 56.0 Å². The van der Waals surface area contributed by atoms with E-state index >= 15 is 0 Å². The first-order valence-electron chi connectivity index (χ1n) is 23.0. The van der Waals surface area contributed by atoms with Crippen LogP contribution in [0.3, 0.4) is 0 Å². The molecule has 4 bridgehead atoms. The van der Waals surface area contributed by atoms with Crippen molar-refractivity contribution < 1.29 is 23.5 Å². The normalized spacial score (nSPS) is 22.5. The Morgan fingerprint density at radius 3 is 1.43 bits per heavy atom. The van der Waals surface area contributed by atoms with Crippen molar-refractivity contribution in [3.63, 3.8) is 0 Å². The Morgan fingerprint density at radius 1 is 0.588 bits per heavy atom. The quantitative estimate of drug-likeness (QED) is 0.0664.